The average Bonchev–Trinajstić information content (AvgIpc) is 2.42. The molecular formula is C15H23ClN2O2. The van der Waals surface area contributed by atoms with Gasteiger partial charge in [-0.05, 0) is 36.6 Å². The van der Waals surface area contributed by atoms with Crippen molar-refractivity contribution in [2.24, 2.45) is 0 Å². The van der Waals surface area contributed by atoms with E-state index in [1.807, 2.05) is 6.07 Å². The summed E-state index contributed by atoms with van der Waals surface area (Å²) in [7, 11) is 0. The zero-order valence-electron chi connectivity index (χ0n) is 12.1. The standard InChI is InChI=1S/C15H22N2O2.ClH/c1-3-12-8-13(5-4-11(12)2)17-15(18)9-14-10-19-7-6-16-14;/h4-5,8,14,16H,3,6-7,9-10H2,1-2H3,(H,17,18);1H. The van der Waals surface area contributed by atoms with E-state index in [-0.39, 0.29) is 24.4 Å². The van der Waals surface area contributed by atoms with Gasteiger partial charge in [-0.2, -0.15) is 0 Å². The number of benzene rings is 1. The molecule has 1 heterocycles. The lowest BCUT2D eigenvalue weighted by Crippen LogP contribution is -2.43. The fourth-order valence-corrected chi connectivity index (χ4v) is 2.32. The lowest BCUT2D eigenvalue weighted by molar-refractivity contribution is -0.117. The molecule has 4 nitrogen and oxygen atoms in total. The zero-order valence-corrected chi connectivity index (χ0v) is 12.9. The van der Waals surface area contributed by atoms with Crippen molar-refractivity contribution in [3.63, 3.8) is 0 Å². The summed E-state index contributed by atoms with van der Waals surface area (Å²) in [6, 6.07) is 6.19. The Bertz CT molecular complexity index is 445. The maximum absolute atomic E-state index is 12.0. The van der Waals surface area contributed by atoms with E-state index in [2.05, 4.69) is 36.6 Å². The summed E-state index contributed by atoms with van der Waals surface area (Å²) < 4.78 is 5.34. The normalized spacial score (nSPS) is 18.2. The van der Waals surface area contributed by atoms with Gasteiger partial charge < -0.3 is 15.4 Å². The van der Waals surface area contributed by atoms with Gasteiger partial charge in [0.1, 0.15) is 0 Å². The van der Waals surface area contributed by atoms with E-state index in [4.69, 9.17) is 4.74 Å². The first-order valence-electron chi connectivity index (χ1n) is 6.89. The third kappa shape index (κ3) is 4.78. The zero-order chi connectivity index (χ0) is 13.7. The molecule has 112 valence electrons. The third-order valence-corrected chi connectivity index (χ3v) is 3.44. The van der Waals surface area contributed by atoms with E-state index in [9.17, 15) is 4.79 Å². The molecule has 1 unspecified atom stereocenters. The number of anilines is 1. The number of ether oxygens (including phenoxy) is 1. The van der Waals surface area contributed by atoms with Crippen LogP contribution in [-0.2, 0) is 16.0 Å². The molecule has 1 fully saturated rings. The SMILES string of the molecule is CCc1cc(NC(=O)CC2COCCN2)ccc1C.Cl. The van der Waals surface area contributed by atoms with E-state index < -0.39 is 0 Å². The summed E-state index contributed by atoms with van der Waals surface area (Å²) in [6.45, 7) is 6.38. The van der Waals surface area contributed by atoms with Crippen LogP contribution in [0.3, 0.4) is 0 Å². The molecule has 1 aromatic rings. The molecule has 0 radical (unpaired) electrons. The van der Waals surface area contributed by atoms with Gasteiger partial charge in [0.2, 0.25) is 5.91 Å². The van der Waals surface area contributed by atoms with Crippen LogP contribution in [0.15, 0.2) is 18.2 Å². The van der Waals surface area contributed by atoms with E-state index >= 15 is 0 Å². The molecule has 0 saturated carbocycles. The topological polar surface area (TPSA) is 50.4 Å². The van der Waals surface area contributed by atoms with Crippen molar-refractivity contribution in [2.75, 3.05) is 25.1 Å². The van der Waals surface area contributed by atoms with Gasteiger partial charge in [0, 0.05) is 24.7 Å². The van der Waals surface area contributed by atoms with Crippen LogP contribution in [0.1, 0.15) is 24.5 Å². The minimum atomic E-state index is 0. The van der Waals surface area contributed by atoms with Gasteiger partial charge in [-0.1, -0.05) is 13.0 Å². The van der Waals surface area contributed by atoms with Gasteiger partial charge in [0.05, 0.1) is 13.2 Å². The van der Waals surface area contributed by atoms with Crippen LogP contribution in [0.5, 0.6) is 0 Å². The molecule has 2 N–H and O–H groups in total. The first-order valence-corrected chi connectivity index (χ1v) is 6.89. The number of carbonyl (C=O) groups excluding carboxylic acids is 1. The quantitative estimate of drug-likeness (QED) is 0.897. The number of halogens is 1. The highest BCUT2D eigenvalue weighted by atomic mass is 35.5. The summed E-state index contributed by atoms with van der Waals surface area (Å²) in [5.74, 6) is 0.0360. The average molecular weight is 299 g/mol. The lowest BCUT2D eigenvalue weighted by atomic mass is 10.1. The number of carbonyl (C=O) groups is 1. The second-order valence-electron chi connectivity index (χ2n) is 4.97. The van der Waals surface area contributed by atoms with Gasteiger partial charge >= 0.3 is 0 Å². The van der Waals surface area contributed by atoms with Crippen LogP contribution in [-0.4, -0.2) is 31.7 Å². The Hall–Kier alpha value is -1.10. The van der Waals surface area contributed by atoms with Crippen molar-refractivity contribution in [1.82, 2.24) is 5.32 Å². The molecule has 0 aliphatic carbocycles. The summed E-state index contributed by atoms with van der Waals surface area (Å²) >= 11 is 0. The monoisotopic (exact) mass is 298 g/mol. The number of aryl methyl sites for hydroxylation is 2. The predicted molar refractivity (Wildman–Crippen MR) is 83.7 cm³/mol. The van der Waals surface area contributed by atoms with E-state index in [0.29, 0.717) is 13.0 Å². The van der Waals surface area contributed by atoms with E-state index in [0.717, 1.165) is 25.3 Å². The Morgan fingerprint density at radius 3 is 2.95 bits per heavy atom. The molecule has 5 heteroatoms. The van der Waals surface area contributed by atoms with Gasteiger partial charge in [-0.3, -0.25) is 4.79 Å². The van der Waals surface area contributed by atoms with Gasteiger partial charge in [-0.25, -0.2) is 0 Å². The number of rotatable bonds is 4. The molecule has 2 rings (SSSR count). The number of amides is 1. The number of nitrogens with one attached hydrogen (secondary N) is 2. The molecule has 1 atom stereocenters. The minimum absolute atomic E-state index is 0. The molecule has 1 aliphatic rings. The van der Waals surface area contributed by atoms with Crippen molar-refractivity contribution in [3.05, 3.63) is 29.3 Å². The largest absolute Gasteiger partial charge is 0.378 e. The summed E-state index contributed by atoms with van der Waals surface area (Å²) in [5, 5.41) is 6.24. The number of hydrogen-bond donors (Lipinski definition) is 2. The van der Waals surface area contributed by atoms with E-state index in [1.54, 1.807) is 0 Å². The van der Waals surface area contributed by atoms with Gasteiger partial charge in [0.15, 0.2) is 0 Å². The van der Waals surface area contributed by atoms with Crippen LogP contribution in [0.2, 0.25) is 0 Å². The first-order chi connectivity index (χ1) is 9.19. The Morgan fingerprint density at radius 2 is 2.30 bits per heavy atom. The van der Waals surface area contributed by atoms with Gasteiger partial charge in [-0.15, -0.1) is 12.4 Å². The second-order valence-corrected chi connectivity index (χ2v) is 4.97. The Labute approximate surface area is 126 Å². The molecule has 0 aromatic heterocycles. The fourth-order valence-electron chi connectivity index (χ4n) is 2.32. The molecule has 1 amide bonds. The number of hydrogen-bond acceptors (Lipinski definition) is 3. The molecule has 1 aliphatic heterocycles. The summed E-state index contributed by atoms with van der Waals surface area (Å²) in [6.07, 6.45) is 1.43. The van der Waals surface area contributed by atoms with Crippen LogP contribution < -0.4 is 10.6 Å². The van der Waals surface area contributed by atoms with Crippen LogP contribution in [0.4, 0.5) is 5.69 Å². The smallest absolute Gasteiger partial charge is 0.226 e. The maximum atomic E-state index is 12.0. The minimum Gasteiger partial charge on any atom is -0.378 e. The Morgan fingerprint density at radius 1 is 1.50 bits per heavy atom. The van der Waals surface area contributed by atoms with Crippen LogP contribution in [0, 0.1) is 6.92 Å². The van der Waals surface area contributed by atoms with E-state index in [1.165, 1.54) is 11.1 Å². The molecule has 1 saturated heterocycles. The Kier molecular flexibility index (Phi) is 6.99. The van der Waals surface area contributed by atoms with Crippen molar-refractivity contribution >= 4 is 24.0 Å². The lowest BCUT2D eigenvalue weighted by Gasteiger charge is -2.23. The molecule has 0 bridgehead atoms. The highest BCUT2D eigenvalue weighted by Gasteiger charge is 2.16. The fraction of sp³-hybridized carbons (Fsp3) is 0.533. The van der Waals surface area contributed by atoms with Crippen LogP contribution >= 0.6 is 12.4 Å². The predicted octanol–water partition coefficient (Wildman–Crippen LogP) is 2.30. The van der Waals surface area contributed by atoms with Crippen LogP contribution in [0.25, 0.3) is 0 Å². The van der Waals surface area contributed by atoms with Gasteiger partial charge in [0.25, 0.3) is 0 Å². The molecule has 0 spiro atoms. The number of morpholine rings is 1. The van der Waals surface area contributed by atoms with Crippen molar-refractivity contribution in [2.45, 2.75) is 32.7 Å². The first kappa shape index (κ1) is 17.0. The molecule has 1 aromatic carbocycles. The maximum Gasteiger partial charge on any atom is 0.226 e. The highest BCUT2D eigenvalue weighted by molar-refractivity contribution is 5.91. The third-order valence-electron chi connectivity index (χ3n) is 3.44. The van der Waals surface area contributed by atoms with Crippen molar-refractivity contribution in [3.8, 4) is 0 Å². The summed E-state index contributed by atoms with van der Waals surface area (Å²) in [5.41, 5.74) is 3.42. The molecular weight excluding hydrogens is 276 g/mol. The summed E-state index contributed by atoms with van der Waals surface area (Å²) in [4.78, 5) is 12.0. The molecule has 20 heavy (non-hydrogen) atoms. The highest BCUT2D eigenvalue weighted by Crippen LogP contribution is 2.16. The second kappa shape index (κ2) is 8.25. The van der Waals surface area contributed by atoms with Crippen molar-refractivity contribution < 1.29 is 9.53 Å². The Balaban J connectivity index is 0.00000200. The van der Waals surface area contributed by atoms with Crippen molar-refractivity contribution in [1.29, 1.82) is 0 Å².